The van der Waals surface area contributed by atoms with Crippen molar-refractivity contribution < 1.29 is 0 Å². The molecule has 2 aliphatic rings. The third-order valence-corrected chi connectivity index (χ3v) is 5.73. The van der Waals surface area contributed by atoms with Gasteiger partial charge in [0, 0.05) is 77.3 Å². The molecule has 3 rings (SSSR count). The Morgan fingerprint density at radius 3 is 2.32 bits per heavy atom. The van der Waals surface area contributed by atoms with E-state index < -0.39 is 0 Å². The lowest BCUT2D eigenvalue weighted by Crippen LogP contribution is -2.53. The SMILES string of the molecule is CCNC(=NCC(C)N1CCN(CC)CC1)N1CCN(c2ncccn2)CC1. The topological polar surface area (TPSA) is 63.1 Å². The highest BCUT2D eigenvalue weighted by molar-refractivity contribution is 5.80. The first-order chi connectivity index (χ1) is 13.7. The normalized spacial score (nSPS) is 21.0. The fourth-order valence-electron chi connectivity index (χ4n) is 3.85. The third kappa shape index (κ3) is 5.54. The molecule has 1 aromatic rings. The monoisotopic (exact) mass is 388 g/mol. The maximum absolute atomic E-state index is 4.98. The molecule has 8 nitrogen and oxygen atoms in total. The van der Waals surface area contributed by atoms with Crippen molar-refractivity contribution in [1.29, 1.82) is 0 Å². The lowest BCUT2D eigenvalue weighted by molar-refractivity contribution is 0.109. The van der Waals surface area contributed by atoms with Crippen molar-refractivity contribution in [3.63, 3.8) is 0 Å². The Labute approximate surface area is 169 Å². The van der Waals surface area contributed by atoms with Gasteiger partial charge in [0.25, 0.3) is 0 Å². The van der Waals surface area contributed by atoms with E-state index in [1.807, 2.05) is 18.5 Å². The van der Waals surface area contributed by atoms with Crippen molar-refractivity contribution >= 4 is 11.9 Å². The minimum atomic E-state index is 0.478. The molecule has 0 bridgehead atoms. The first kappa shape index (κ1) is 20.8. The number of aliphatic imine (C=N–C) groups is 1. The highest BCUT2D eigenvalue weighted by Crippen LogP contribution is 2.11. The molecule has 1 N–H and O–H groups in total. The summed E-state index contributed by atoms with van der Waals surface area (Å²) in [6, 6.07) is 2.34. The Morgan fingerprint density at radius 1 is 1.04 bits per heavy atom. The van der Waals surface area contributed by atoms with Crippen LogP contribution in [0.2, 0.25) is 0 Å². The van der Waals surface area contributed by atoms with Crippen molar-refractivity contribution in [3.8, 4) is 0 Å². The van der Waals surface area contributed by atoms with E-state index >= 15 is 0 Å². The van der Waals surface area contributed by atoms with Crippen molar-refractivity contribution in [2.45, 2.75) is 26.8 Å². The number of hydrogen-bond acceptors (Lipinski definition) is 6. The second-order valence-electron chi connectivity index (χ2n) is 7.54. The van der Waals surface area contributed by atoms with Crippen molar-refractivity contribution in [2.75, 3.05) is 76.9 Å². The zero-order valence-electron chi connectivity index (χ0n) is 17.7. The van der Waals surface area contributed by atoms with Gasteiger partial charge in [0.2, 0.25) is 5.95 Å². The Balaban J connectivity index is 1.51. The van der Waals surface area contributed by atoms with Gasteiger partial charge >= 0.3 is 0 Å². The molecule has 0 aromatic carbocycles. The highest BCUT2D eigenvalue weighted by Gasteiger charge is 2.23. The van der Waals surface area contributed by atoms with Gasteiger partial charge in [0.15, 0.2) is 5.96 Å². The number of guanidine groups is 1. The van der Waals surface area contributed by atoms with E-state index in [-0.39, 0.29) is 0 Å². The van der Waals surface area contributed by atoms with Gasteiger partial charge in [0.05, 0.1) is 6.54 Å². The number of hydrogen-bond donors (Lipinski definition) is 1. The van der Waals surface area contributed by atoms with E-state index in [0.717, 1.165) is 70.8 Å². The second-order valence-corrected chi connectivity index (χ2v) is 7.54. The van der Waals surface area contributed by atoms with E-state index in [0.29, 0.717) is 6.04 Å². The fourth-order valence-corrected chi connectivity index (χ4v) is 3.85. The maximum atomic E-state index is 4.98. The number of likely N-dealkylation sites (N-methyl/N-ethyl adjacent to an activating group) is 1. The molecular formula is C20H36N8. The second kappa shape index (κ2) is 10.6. The third-order valence-electron chi connectivity index (χ3n) is 5.73. The summed E-state index contributed by atoms with van der Waals surface area (Å²) in [6.07, 6.45) is 3.61. The number of nitrogens with zero attached hydrogens (tertiary/aromatic N) is 7. The first-order valence-electron chi connectivity index (χ1n) is 10.7. The molecule has 0 spiro atoms. The minimum Gasteiger partial charge on any atom is -0.357 e. The van der Waals surface area contributed by atoms with Crippen LogP contribution >= 0.6 is 0 Å². The van der Waals surface area contributed by atoms with Gasteiger partial charge < -0.3 is 20.0 Å². The van der Waals surface area contributed by atoms with E-state index in [4.69, 9.17) is 4.99 Å². The smallest absolute Gasteiger partial charge is 0.225 e. The van der Waals surface area contributed by atoms with E-state index in [2.05, 4.69) is 55.7 Å². The summed E-state index contributed by atoms with van der Waals surface area (Å²) in [5.41, 5.74) is 0. The zero-order valence-corrected chi connectivity index (χ0v) is 17.7. The summed E-state index contributed by atoms with van der Waals surface area (Å²) in [5.74, 6) is 1.86. The molecule has 0 amide bonds. The standard InChI is InChI=1S/C20H36N8/c1-4-21-19(24-17-18(3)26-11-9-25(5-2)10-12-26)27-13-15-28(16-14-27)20-22-7-6-8-23-20/h6-8,18H,4-5,9-17H2,1-3H3,(H,21,24). The summed E-state index contributed by atoms with van der Waals surface area (Å²) in [7, 11) is 0. The lowest BCUT2D eigenvalue weighted by Gasteiger charge is -2.38. The zero-order chi connectivity index (χ0) is 19.8. The van der Waals surface area contributed by atoms with Gasteiger partial charge in [0.1, 0.15) is 0 Å². The molecule has 8 heteroatoms. The molecule has 0 saturated carbocycles. The van der Waals surface area contributed by atoms with Crippen molar-refractivity contribution in [1.82, 2.24) is 30.0 Å². The summed E-state index contributed by atoms with van der Waals surface area (Å²) in [4.78, 5) is 23.4. The minimum absolute atomic E-state index is 0.478. The van der Waals surface area contributed by atoms with Crippen LogP contribution in [0.25, 0.3) is 0 Å². The van der Waals surface area contributed by atoms with E-state index in [9.17, 15) is 0 Å². The van der Waals surface area contributed by atoms with Crippen LogP contribution in [-0.2, 0) is 0 Å². The largest absolute Gasteiger partial charge is 0.357 e. The molecule has 2 aliphatic heterocycles. The Morgan fingerprint density at radius 2 is 1.71 bits per heavy atom. The lowest BCUT2D eigenvalue weighted by atomic mass is 10.2. The summed E-state index contributed by atoms with van der Waals surface area (Å²) < 4.78 is 0. The molecular weight excluding hydrogens is 352 g/mol. The first-order valence-corrected chi connectivity index (χ1v) is 10.7. The van der Waals surface area contributed by atoms with Gasteiger partial charge in [-0.25, -0.2) is 9.97 Å². The molecule has 3 heterocycles. The average molecular weight is 389 g/mol. The quantitative estimate of drug-likeness (QED) is 0.565. The number of anilines is 1. The summed E-state index contributed by atoms with van der Waals surface area (Å²) in [6.45, 7) is 17.9. The van der Waals surface area contributed by atoms with Crippen LogP contribution in [0, 0.1) is 0 Å². The van der Waals surface area contributed by atoms with Crippen molar-refractivity contribution in [3.05, 3.63) is 18.5 Å². The molecule has 1 aromatic heterocycles. The van der Waals surface area contributed by atoms with Crippen LogP contribution in [0.5, 0.6) is 0 Å². The number of piperazine rings is 2. The van der Waals surface area contributed by atoms with Gasteiger partial charge in [-0.1, -0.05) is 6.92 Å². The Kier molecular flexibility index (Phi) is 7.85. The van der Waals surface area contributed by atoms with Gasteiger partial charge in [-0.3, -0.25) is 9.89 Å². The van der Waals surface area contributed by atoms with Gasteiger partial charge in [-0.05, 0) is 26.5 Å². The molecule has 2 fully saturated rings. The average Bonchev–Trinajstić information content (AvgIpc) is 2.77. The van der Waals surface area contributed by atoms with Gasteiger partial charge in [-0.15, -0.1) is 0 Å². The molecule has 1 atom stereocenters. The van der Waals surface area contributed by atoms with Crippen LogP contribution < -0.4 is 10.2 Å². The summed E-state index contributed by atoms with van der Waals surface area (Å²) >= 11 is 0. The maximum Gasteiger partial charge on any atom is 0.225 e. The molecule has 2 saturated heterocycles. The Hall–Kier alpha value is -1.93. The highest BCUT2D eigenvalue weighted by atomic mass is 15.4. The van der Waals surface area contributed by atoms with Crippen molar-refractivity contribution in [2.24, 2.45) is 4.99 Å². The Bertz CT molecular complexity index is 591. The van der Waals surface area contributed by atoms with E-state index in [1.165, 1.54) is 13.1 Å². The van der Waals surface area contributed by atoms with Gasteiger partial charge in [-0.2, -0.15) is 0 Å². The molecule has 1 unspecified atom stereocenters. The predicted octanol–water partition coefficient (Wildman–Crippen LogP) is 0.590. The van der Waals surface area contributed by atoms with Crippen LogP contribution in [0.3, 0.4) is 0 Å². The van der Waals surface area contributed by atoms with Crippen LogP contribution in [0.15, 0.2) is 23.5 Å². The van der Waals surface area contributed by atoms with Crippen LogP contribution in [0.1, 0.15) is 20.8 Å². The van der Waals surface area contributed by atoms with Crippen LogP contribution in [0.4, 0.5) is 5.95 Å². The molecule has 0 aliphatic carbocycles. The molecule has 0 radical (unpaired) electrons. The number of rotatable bonds is 6. The fraction of sp³-hybridized carbons (Fsp3) is 0.750. The number of nitrogens with one attached hydrogen (secondary N) is 1. The number of aromatic nitrogens is 2. The summed E-state index contributed by atoms with van der Waals surface area (Å²) in [5, 5.41) is 3.48. The predicted molar refractivity (Wildman–Crippen MR) is 115 cm³/mol. The van der Waals surface area contributed by atoms with E-state index in [1.54, 1.807) is 0 Å². The van der Waals surface area contributed by atoms with Crippen LogP contribution in [-0.4, -0.2) is 109 Å². The molecule has 28 heavy (non-hydrogen) atoms. The molecule has 156 valence electrons.